The molecule has 1 amide bonds. The molecule has 2 rings (SSSR count). The molecule has 1 aliphatic rings. The van der Waals surface area contributed by atoms with Gasteiger partial charge in [0.1, 0.15) is 10.7 Å². The van der Waals surface area contributed by atoms with E-state index < -0.39 is 0 Å². The summed E-state index contributed by atoms with van der Waals surface area (Å²) in [6, 6.07) is 0.192. The van der Waals surface area contributed by atoms with Crippen LogP contribution in [-0.2, 0) is 0 Å². The third-order valence-corrected chi connectivity index (χ3v) is 4.48. The van der Waals surface area contributed by atoms with Crippen molar-refractivity contribution in [1.82, 2.24) is 9.88 Å². The van der Waals surface area contributed by atoms with Gasteiger partial charge in [-0.15, -0.1) is 0 Å². The highest BCUT2D eigenvalue weighted by atomic mass is 32.1. The van der Waals surface area contributed by atoms with Crippen molar-refractivity contribution in [3.63, 3.8) is 0 Å². The van der Waals surface area contributed by atoms with Gasteiger partial charge in [-0.1, -0.05) is 11.3 Å². The van der Waals surface area contributed by atoms with Crippen LogP contribution in [0, 0.1) is 5.92 Å². The lowest BCUT2D eigenvalue weighted by atomic mass is 10.2. The zero-order valence-corrected chi connectivity index (χ0v) is 12.8. The van der Waals surface area contributed by atoms with Crippen LogP contribution in [0.5, 0.6) is 0 Å². The Hall–Kier alpha value is -1.30. The minimum absolute atomic E-state index is 0.0185. The molecular formula is C13H22N4OS. The third kappa shape index (κ3) is 3.18. The van der Waals surface area contributed by atoms with Crippen LogP contribution < -0.4 is 10.6 Å². The number of thiazole rings is 1. The summed E-state index contributed by atoms with van der Waals surface area (Å²) in [6.07, 6.45) is 2.47. The molecule has 2 N–H and O–H groups in total. The lowest BCUT2D eigenvalue weighted by Gasteiger charge is -2.26. The van der Waals surface area contributed by atoms with E-state index in [0.29, 0.717) is 16.6 Å². The maximum atomic E-state index is 12.6. The summed E-state index contributed by atoms with van der Waals surface area (Å²) in [4.78, 5) is 21.2. The molecule has 0 atom stereocenters. The summed E-state index contributed by atoms with van der Waals surface area (Å²) >= 11 is 1.37. The van der Waals surface area contributed by atoms with Crippen LogP contribution in [0.4, 0.5) is 10.9 Å². The number of nitrogen functional groups attached to an aromatic ring is 1. The molecule has 0 aliphatic heterocycles. The Labute approximate surface area is 118 Å². The fraction of sp³-hybridized carbons (Fsp3) is 0.692. The smallest absolute Gasteiger partial charge is 0.268 e. The van der Waals surface area contributed by atoms with Gasteiger partial charge >= 0.3 is 0 Å². The maximum absolute atomic E-state index is 12.6. The molecule has 1 aromatic rings. The molecule has 0 aromatic carbocycles. The van der Waals surface area contributed by atoms with E-state index in [2.05, 4.69) is 4.98 Å². The lowest BCUT2D eigenvalue weighted by Crippen LogP contribution is -2.38. The second kappa shape index (κ2) is 5.36. The van der Waals surface area contributed by atoms with Gasteiger partial charge in [0.05, 0.1) is 0 Å². The molecule has 0 unspecified atom stereocenters. The van der Waals surface area contributed by atoms with Crippen molar-refractivity contribution in [2.75, 3.05) is 31.3 Å². The summed E-state index contributed by atoms with van der Waals surface area (Å²) in [7, 11) is 3.80. The Bertz CT molecular complexity index is 465. The first kappa shape index (κ1) is 14.1. The molecule has 5 nitrogen and oxygen atoms in total. The molecule has 1 saturated carbocycles. The number of carbonyl (C=O) groups excluding carboxylic acids is 1. The fourth-order valence-corrected chi connectivity index (χ4v) is 2.77. The van der Waals surface area contributed by atoms with Crippen molar-refractivity contribution >= 4 is 28.2 Å². The second-order valence-corrected chi connectivity index (χ2v) is 6.58. The average Bonchev–Trinajstić information content (AvgIpc) is 3.06. The van der Waals surface area contributed by atoms with E-state index in [1.165, 1.54) is 24.2 Å². The van der Waals surface area contributed by atoms with E-state index in [1.807, 2.05) is 37.7 Å². The quantitative estimate of drug-likeness (QED) is 0.898. The minimum atomic E-state index is 0.0185. The number of nitrogens with two attached hydrogens (primary N) is 1. The van der Waals surface area contributed by atoms with Gasteiger partial charge in [-0.05, 0) is 32.6 Å². The Balaban J connectivity index is 2.20. The predicted octanol–water partition coefficient (Wildman–Crippen LogP) is 2.05. The second-order valence-electron chi connectivity index (χ2n) is 5.60. The summed E-state index contributed by atoms with van der Waals surface area (Å²) < 4.78 is 0. The molecular weight excluding hydrogens is 260 g/mol. The van der Waals surface area contributed by atoms with Gasteiger partial charge in [-0.3, -0.25) is 4.79 Å². The number of rotatable bonds is 5. The monoisotopic (exact) mass is 282 g/mol. The van der Waals surface area contributed by atoms with Crippen LogP contribution in [0.25, 0.3) is 0 Å². The number of aromatic nitrogens is 1. The van der Waals surface area contributed by atoms with Crippen LogP contribution >= 0.6 is 11.3 Å². The minimum Gasteiger partial charge on any atom is -0.382 e. The van der Waals surface area contributed by atoms with Gasteiger partial charge < -0.3 is 15.5 Å². The number of anilines is 2. The number of carbonyl (C=O) groups is 1. The normalized spacial score (nSPS) is 14.8. The van der Waals surface area contributed by atoms with Crippen molar-refractivity contribution in [3.05, 3.63) is 4.88 Å². The predicted molar refractivity (Wildman–Crippen MR) is 79.7 cm³/mol. The van der Waals surface area contributed by atoms with Gasteiger partial charge in [0, 0.05) is 26.7 Å². The van der Waals surface area contributed by atoms with Crippen molar-refractivity contribution in [3.8, 4) is 0 Å². The SMILES string of the molecule is CC(C)N(CC1CC1)C(=O)c1sc(N(C)C)nc1N. The molecule has 0 spiro atoms. The highest BCUT2D eigenvalue weighted by Gasteiger charge is 2.30. The zero-order valence-electron chi connectivity index (χ0n) is 12.0. The van der Waals surface area contributed by atoms with Crippen LogP contribution in [0.3, 0.4) is 0 Å². The highest BCUT2D eigenvalue weighted by molar-refractivity contribution is 7.18. The van der Waals surface area contributed by atoms with Gasteiger partial charge in [0.15, 0.2) is 5.13 Å². The number of amides is 1. The maximum Gasteiger partial charge on any atom is 0.268 e. The molecule has 1 aliphatic carbocycles. The summed E-state index contributed by atoms with van der Waals surface area (Å²) in [6.45, 7) is 4.93. The van der Waals surface area contributed by atoms with Crippen molar-refractivity contribution in [2.45, 2.75) is 32.7 Å². The molecule has 1 fully saturated rings. The lowest BCUT2D eigenvalue weighted by molar-refractivity contribution is 0.0702. The van der Waals surface area contributed by atoms with E-state index in [1.54, 1.807) is 0 Å². The Kier molecular flexibility index (Phi) is 3.99. The zero-order chi connectivity index (χ0) is 14.2. The molecule has 0 radical (unpaired) electrons. The van der Waals surface area contributed by atoms with Crippen LogP contribution in [0.1, 0.15) is 36.4 Å². The molecule has 19 heavy (non-hydrogen) atoms. The molecule has 0 saturated heterocycles. The average molecular weight is 282 g/mol. The Morgan fingerprint density at radius 2 is 2.11 bits per heavy atom. The molecule has 1 aromatic heterocycles. The highest BCUT2D eigenvalue weighted by Crippen LogP contribution is 2.33. The standard InChI is InChI=1S/C13H22N4OS/c1-8(2)17(7-9-5-6-9)12(18)10-11(14)15-13(19-10)16(3)4/h8-9H,5-7,14H2,1-4H3. The Morgan fingerprint density at radius 3 is 2.53 bits per heavy atom. The summed E-state index contributed by atoms with van der Waals surface area (Å²) in [5.41, 5.74) is 5.89. The molecule has 1 heterocycles. The molecule has 0 bridgehead atoms. The van der Waals surface area contributed by atoms with E-state index in [9.17, 15) is 4.79 Å². The first-order chi connectivity index (χ1) is 8.90. The fourth-order valence-electron chi connectivity index (χ4n) is 1.90. The summed E-state index contributed by atoms with van der Waals surface area (Å²) in [5, 5.41) is 0.774. The topological polar surface area (TPSA) is 62.5 Å². The van der Waals surface area contributed by atoms with Crippen molar-refractivity contribution < 1.29 is 4.79 Å². The number of hydrogen-bond acceptors (Lipinski definition) is 5. The largest absolute Gasteiger partial charge is 0.382 e. The first-order valence-electron chi connectivity index (χ1n) is 6.64. The van der Waals surface area contributed by atoms with Gasteiger partial charge in [-0.2, -0.15) is 0 Å². The van der Waals surface area contributed by atoms with Gasteiger partial charge in [0.25, 0.3) is 5.91 Å². The molecule has 6 heteroatoms. The van der Waals surface area contributed by atoms with Gasteiger partial charge in [-0.25, -0.2) is 4.98 Å². The summed E-state index contributed by atoms with van der Waals surface area (Å²) in [5.74, 6) is 1.04. The van der Waals surface area contributed by atoms with E-state index >= 15 is 0 Å². The number of nitrogens with zero attached hydrogens (tertiary/aromatic N) is 3. The molecule has 106 valence electrons. The van der Waals surface area contributed by atoms with E-state index in [0.717, 1.165) is 11.7 Å². The van der Waals surface area contributed by atoms with Gasteiger partial charge in [0.2, 0.25) is 0 Å². The van der Waals surface area contributed by atoms with Crippen molar-refractivity contribution in [1.29, 1.82) is 0 Å². The van der Waals surface area contributed by atoms with E-state index in [4.69, 9.17) is 5.73 Å². The first-order valence-corrected chi connectivity index (χ1v) is 7.46. The van der Waals surface area contributed by atoms with Crippen molar-refractivity contribution in [2.24, 2.45) is 5.92 Å². The van der Waals surface area contributed by atoms with Crippen LogP contribution in [-0.4, -0.2) is 42.5 Å². The third-order valence-electron chi connectivity index (χ3n) is 3.25. The number of hydrogen-bond donors (Lipinski definition) is 1. The van der Waals surface area contributed by atoms with Crippen LogP contribution in [0.2, 0.25) is 0 Å². The Morgan fingerprint density at radius 1 is 1.47 bits per heavy atom. The van der Waals surface area contributed by atoms with Crippen LogP contribution in [0.15, 0.2) is 0 Å². The van der Waals surface area contributed by atoms with E-state index in [-0.39, 0.29) is 11.9 Å².